The van der Waals surface area contributed by atoms with E-state index in [1.54, 1.807) is 12.5 Å². The lowest BCUT2D eigenvalue weighted by Crippen LogP contribution is -2.13. The number of thiazole rings is 1. The van der Waals surface area contributed by atoms with Gasteiger partial charge in [-0.1, -0.05) is 18.2 Å². The van der Waals surface area contributed by atoms with Gasteiger partial charge in [-0.25, -0.2) is 9.98 Å². The van der Waals surface area contributed by atoms with Crippen LogP contribution in [-0.2, 0) is 0 Å². The van der Waals surface area contributed by atoms with Crippen LogP contribution in [0.15, 0.2) is 46.9 Å². The topological polar surface area (TPSA) is 28.5 Å². The maximum atomic E-state index is 4.25. The summed E-state index contributed by atoms with van der Waals surface area (Å²) in [5.41, 5.74) is 1.11. The second-order valence-electron chi connectivity index (χ2n) is 3.01. The van der Waals surface area contributed by atoms with E-state index in [1.165, 1.54) is 11.3 Å². The number of nitrogens with zero attached hydrogens (tertiary/aromatic N) is 3. The summed E-state index contributed by atoms with van der Waals surface area (Å²) in [7, 11) is 1.96. The van der Waals surface area contributed by atoms with E-state index >= 15 is 0 Å². The molecule has 0 spiro atoms. The van der Waals surface area contributed by atoms with E-state index in [4.69, 9.17) is 0 Å². The normalized spacial score (nSPS) is 10.7. The van der Waals surface area contributed by atoms with E-state index in [0.29, 0.717) is 0 Å². The molecule has 0 radical (unpaired) electrons. The van der Waals surface area contributed by atoms with Gasteiger partial charge in [-0.05, 0) is 12.1 Å². The number of hydrogen-bond donors (Lipinski definition) is 0. The molecular formula is C11H11N3S. The first kappa shape index (κ1) is 9.86. The molecule has 4 heteroatoms. The molecule has 0 bridgehead atoms. The summed E-state index contributed by atoms with van der Waals surface area (Å²) in [6.45, 7) is 0. The Hall–Kier alpha value is -1.68. The Morgan fingerprint density at radius 1 is 1.33 bits per heavy atom. The Morgan fingerprint density at radius 3 is 2.80 bits per heavy atom. The third kappa shape index (κ3) is 2.63. The van der Waals surface area contributed by atoms with Crippen LogP contribution in [0.3, 0.4) is 0 Å². The van der Waals surface area contributed by atoms with E-state index in [9.17, 15) is 0 Å². The van der Waals surface area contributed by atoms with Crippen molar-refractivity contribution in [3.05, 3.63) is 41.9 Å². The number of aliphatic imine (C=N–C) groups is 1. The monoisotopic (exact) mass is 217 g/mol. The number of hydrogen-bond acceptors (Lipinski definition) is 3. The van der Waals surface area contributed by atoms with Crippen LogP contribution in [0.1, 0.15) is 0 Å². The molecule has 15 heavy (non-hydrogen) atoms. The summed E-state index contributed by atoms with van der Waals surface area (Å²) in [5.74, 6) is 0. The second-order valence-corrected chi connectivity index (χ2v) is 3.88. The Morgan fingerprint density at radius 2 is 2.13 bits per heavy atom. The van der Waals surface area contributed by atoms with Crippen LogP contribution >= 0.6 is 11.3 Å². The first-order chi connectivity index (χ1) is 7.36. The molecule has 0 saturated carbocycles. The molecule has 1 aromatic heterocycles. The predicted octanol–water partition coefficient (Wildman–Crippen LogP) is 2.94. The van der Waals surface area contributed by atoms with Crippen LogP contribution in [-0.4, -0.2) is 18.4 Å². The van der Waals surface area contributed by atoms with Gasteiger partial charge in [0.25, 0.3) is 0 Å². The molecule has 3 nitrogen and oxygen atoms in total. The van der Waals surface area contributed by atoms with Gasteiger partial charge in [0, 0.05) is 24.3 Å². The molecule has 0 fully saturated rings. The molecule has 0 unspecified atom stereocenters. The van der Waals surface area contributed by atoms with E-state index in [-0.39, 0.29) is 0 Å². The van der Waals surface area contributed by atoms with Gasteiger partial charge in [0.1, 0.15) is 0 Å². The van der Waals surface area contributed by atoms with E-state index in [2.05, 4.69) is 9.98 Å². The Bertz CT molecular complexity index is 422. The Balaban J connectivity index is 2.07. The molecule has 1 aromatic carbocycles. The lowest BCUT2D eigenvalue weighted by Gasteiger charge is -2.11. The van der Waals surface area contributed by atoms with Gasteiger partial charge in [-0.2, -0.15) is 0 Å². The van der Waals surface area contributed by atoms with Crippen molar-refractivity contribution < 1.29 is 0 Å². The van der Waals surface area contributed by atoms with Crippen LogP contribution in [0, 0.1) is 0 Å². The quantitative estimate of drug-likeness (QED) is 0.584. The van der Waals surface area contributed by atoms with Gasteiger partial charge < -0.3 is 4.90 Å². The van der Waals surface area contributed by atoms with Crippen LogP contribution in [0.4, 0.5) is 10.8 Å². The van der Waals surface area contributed by atoms with Crippen molar-refractivity contribution in [3.8, 4) is 0 Å². The highest BCUT2D eigenvalue weighted by atomic mass is 32.1. The highest BCUT2D eigenvalue weighted by Crippen LogP contribution is 2.15. The van der Waals surface area contributed by atoms with Crippen molar-refractivity contribution in [2.45, 2.75) is 0 Å². The van der Waals surface area contributed by atoms with E-state index < -0.39 is 0 Å². The largest absolute Gasteiger partial charge is 0.335 e. The van der Waals surface area contributed by atoms with Crippen LogP contribution in [0.5, 0.6) is 0 Å². The van der Waals surface area contributed by atoms with Crippen LogP contribution in [0.2, 0.25) is 0 Å². The number of rotatable bonds is 3. The smallest absolute Gasteiger partial charge is 0.210 e. The first-order valence-electron chi connectivity index (χ1n) is 4.58. The molecular weight excluding hydrogens is 206 g/mol. The standard InChI is InChI=1S/C11H11N3S/c1-14(10-5-3-2-4-6-10)9-13-11-12-7-8-15-11/h2-9H,1H3. The zero-order valence-electron chi connectivity index (χ0n) is 8.37. The van der Waals surface area contributed by atoms with Crippen molar-refractivity contribution in [1.29, 1.82) is 0 Å². The lowest BCUT2D eigenvalue weighted by molar-refractivity contribution is 1.27. The first-order valence-corrected chi connectivity index (χ1v) is 5.46. The average molecular weight is 217 g/mol. The fourth-order valence-electron chi connectivity index (χ4n) is 1.15. The summed E-state index contributed by atoms with van der Waals surface area (Å²) in [6, 6.07) is 10.1. The minimum Gasteiger partial charge on any atom is -0.335 e. The molecule has 0 N–H and O–H groups in total. The van der Waals surface area contributed by atoms with Crippen LogP contribution in [0.25, 0.3) is 0 Å². The van der Waals surface area contributed by atoms with Gasteiger partial charge >= 0.3 is 0 Å². The third-order valence-electron chi connectivity index (χ3n) is 1.92. The van der Waals surface area contributed by atoms with Crippen molar-refractivity contribution >= 4 is 28.5 Å². The zero-order chi connectivity index (χ0) is 10.5. The van der Waals surface area contributed by atoms with Crippen molar-refractivity contribution in [2.24, 2.45) is 4.99 Å². The summed E-state index contributed by atoms with van der Waals surface area (Å²) >= 11 is 1.52. The van der Waals surface area contributed by atoms with Gasteiger partial charge in [0.15, 0.2) is 0 Å². The maximum absolute atomic E-state index is 4.25. The minimum absolute atomic E-state index is 0.776. The zero-order valence-corrected chi connectivity index (χ0v) is 9.19. The maximum Gasteiger partial charge on any atom is 0.210 e. The molecule has 0 aliphatic heterocycles. The van der Waals surface area contributed by atoms with Crippen molar-refractivity contribution in [2.75, 3.05) is 11.9 Å². The molecule has 2 aromatic rings. The third-order valence-corrected chi connectivity index (χ3v) is 2.60. The molecule has 0 atom stereocenters. The van der Waals surface area contributed by atoms with E-state index in [1.807, 2.05) is 47.7 Å². The van der Waals surface area contributed by atoms with Gasteiger partial charge in [0.05, 0.1) is 6.34 Å². The number of benzene rings is 1. The molecule has 0 aliphatic carbocycles. The van der Waals surface area contributed by atoms with Crippen molar-refractivity contribution in [3.63, 3.8) is 0 Å². The molecule has 2 rings (SSSR count). The fraction of sp³-hybridized carbons (Fsp3) is 0.0909. The highest BCUT2D eigenvalue weighted by Gasteiger charge is 1.95. The van der Waals surface area contributed by atoms with Crippen LogP contribution < -0.4 is 4.90 Å². The van der Waals surface area contributed by atoms with Gasteiger partial charge in [-0.3, -0.25) is 0 Å². The average Bonchev–Trinajstić information content (AvgIpc) is 2.80. The molecule has 0 saturated heterocycles. The Kier molecular flexibility index (Phi) is 3.09. The SMILES string of the molecule is CN(C=Nc1nccs1)c1ccccc1. The number of aromatic nitrogens is 1. The van der Waals surface area contributed by atoms with Gasteiger partial charge in [0.2, 0.25) is 5.13 Å². The minimum atomic E-state index is 0.776. The number of anilines is 1. The summed E-state index contributed by atoms with van der Waals surface area (Å²) < 4.78 is 0. The molecule has 76 valence electrons. The summed E-state index contributed by atoms with van der Waals surface area (Å²) in [5, 5.41) is 2.69. The summed E-state index contributed by atoms with van der Waals surface area (Å²) in [4.78, 5) is 10.3. The summed E-state index contributed by atoms with van der Waals surface area (Å²) in [6.07, 6.45) is 3.52. The van der Waals surface area contributed by atoms with E-state index in [0.717, 1.165) is 10.8 Å². The molecule has 0 aliphatic rings. The lowest BCUT2D eigenvalue weighted by atomic mass is 10.3. The van der Waals surface area contributed by atoms with Gasteiger partial charge in [-0.15, -0.1) is 11.3 Å². The Labute approximate surface area is 92.7 Å². The predicted molar refractivity (Wildman–Crippen MR) is 65.1 cm³/mol. The fourth-order valence-corrected chi connectivity index (χ4v) is 1.62. The second kappa shape index (κ2) is 4.70. The van der Waals surface area contributed by atoms with Crippen molar-refractivity contribution in [1.82, 2.24) is 4.98 Å². The highest BCUT2D eigenvalue weighted by molar-refractivity contribution is 7.13. The molecule has 0 amide bonds. The number of para-hydroxylation sites is 1. The molecule has 1 heterocycles.